The number of esters is 1. The van der Waals surface area contributed by atoms with Crippen molar-refractivity contribution in [3.63, 3.8) is 0 Å². The summed E-state index contributed by atoms with van der Waals surface area (Å²) in [6.07, 6.45) is 5.84. The van der Waals surface area contributed by atoms with Crippen LogP contribution in [0.25, 0.3) is 0 Å². The van der Waals surface area contributed by atoms with Gasteiger partial charge in [-0.25, -0.2) is 4.79 Å². The molecule has 1 aliphatic rings. The summed E-state index contributed by atoms with van der Waals surface area (Å²) in [5.74, 6) is -0.0810. The molecule has 1 amide bonds. The van der Waals surface area contributed by atoms with Crippen molar-refractivity contribution >= 4 is 39.8 Å². The van der Waals surface area contributed by atoms with Crippen molar-refractivity contribution in [2.45, 2.75) is 32.7 Å². The topological polar surface area (TPSA) is 73.2 Å². The third-order valence-electron chi connectivity index (χ3n) is 4.06. The molecule has 2 aromatic rings. The standard InChI is InChI=1S/C16H18ClN3O3S/c1-9-3-4-11-12(5-9)24-15(14(11)16(22)23-2)19-13(21)8-20-7-10(17)6-18-20/h6-7,9H,3-5,8H2,1-2H3,(H,19,21)/t9-/m0/s1. The number of nitrogens with one attached hydrogen (secondary N) is 1. The molecule has 1 N–H and O–H groups in total. The lowest BCUT2D eigenvalue weighted by Crippen LogP contribution is -2.20. The van der Waals surface area contributed by atoms with Crippen molar-refractivity contribution in [3.05, 3.63) is 33.4 Å². The van der Waals surface area contributed by atoms with E-state index in [1.165, 1.54) is 29.3 Å². The average Bonchev–Trinajstić information content (AvgIpc) is 3.09. The van der Waals surface area contributed by atoms with Crippen molar-refractivity contribution in [1.29, 1.82) is 0 Å². The van der Waals surface area contributed by atoms with Crippen molar-refractivity contribution in [2.24, 2.45) is 5.92 Å². The maximum Gasteiger partial charge on any atom is 0.341 e. The molecule has 1 aliphatic carbocycles. The maximum atomic E-state index is 12.3. The van der Waals surface area contributed by atoms with E-state index < -0.39 is 5.97 Å². The van der Waals surface area contributed by atoms with Crippen LogP contribution < -0.4 is 5.32 Å². The number of thiophene rings is 1. The number of aromatic nitrogens is 2. The molecule has 0 aliphatic heterocycles. The van der Waals surface area contributed by atoms with Gasteiger partial charge in [-0.15, -0.1) is 11.3 Å². The molecule has 128 valence electrons. The number of carbonyl (C=O) groups is 2. The number of rotatable bonds is 4. The molecule has 0 saturated heterocycles. The number of anilines is 1. The van der Waals surface area contributed by atoms with Crippen LogP contribution in [-0.2, 0) is 28.9 Å². The molecule has 0 bridgehead atoms. The van der Waals surface area contributed by atoms with Crippen molar-refractivity contribution in [3.8, 4) is 0 Å². The van der Waals surface area contributed by atoms with E-state index in [0.717, 1.165) is 29.7 Å². The summed E-state index contributed by atoms with van der Waals surface area (Å²) in [6, 6.07) is 0. The molecule has 8 heteroatoms. The first-order chi connectivity index (χ1) is 11.5. The van der Waals surface area contributed by atoms with Crippen molar-refractivity contribution in [2.75, 3.05) is 12.4 Å². The molecule has 0 spiro atoms. The number of halogens is 1. The fraction of sp³-hybridized carbons (Fsp3) is 0.438. The third kappa shape index (κ3) is 3.47. The number of hydrogen-bond acceptors (Lipinski definition) is 5. The van der Waals surface area contributed by atoms with Gasteiger partial charge < -0.3 is 10.1 Å². The predicted octanol–water partition coefficient (Wildman–Crippen LogP) is 3.15. The van der Waals surface area contributed by atoms with Gasteiger partial charge in [-0.2, -0.15) is 5.10 Å². The second kappa shape index (κ2) is 6.94. The first-order valence-corrected chi connectivity index (χ1v) is 8.88. The minimum Gasteiger partial charge on any atom is -0.465 e. The van der Waals surface area contributed by atoms with Crippen molar-refractivity contribution in [1.82, 2.24) is 9.78 Å². The van der Waals surface area contributed by atoms with E-state index in [-0.39, 0.29) is 12.5 Å². The first kappa shape index (κ1) is 17.0. The highest BCUT2D eigenvalue weighted by molar-refractivity contribution is 7.17. The number of amides is 1. The zero-order valence-corrected chi connectivity index (χ0v) is 15.0. The highest BCUT2D eigenvalue weighted by atomic mass is 35.5. The zero-order valence-electron chi connectivity index (χ0n) is 13.5. The van der Waals surface area contributed by atoms with Crippen molar-refractivity contribution < 1.29 is 14.3 Å². The van der Waals surface area contributed by atoms with Gasteiger partial charge in [0.15, 0.2) is 0 Å². The quantitative estimate of drug-likeness (QED) is 0.842. The fourth-order valence-corrected chi connectivity index (χ4v) is 4.47. The molecular formula is C16H18ClN3O3S. The minimum atomic E-state index is -0.403. The third-order valence-corrected chi connectivity index (χ3v) is 5.43. The van der Waals surface area contributed by atoms with E-state index in [0.29, 0.717) is 21.5 Å². The lowest BCUT2D eigenvalue weighted by atomic mass is 9.88. The van der Waals surface area contributed by atoms with Gasteiger partial charge in [0.05, 0.1) is 23.9 Å². The van der Waals surface area contributed by atoms with Crippen LogP contribution in [0, 0.1) is 5.92 Å². The molecule has 0 radical (unpaired) electrons. The Balaban J connectivity index is 1.84. The molecule has 24 heavy (non-hydrogen) atoms. The largest absolute Gasteiger partial charge is 0.465 e. The Morgan fingerprint density at radius 2 is 2.33 bits per heavy atom. The Bertz CT molecular complexity index is 784. The molecule has 6 nitrogen and oxygen atoms in total. The first-order valence-electron chi connectivity index (χ1n) is 7.68. The van der Waals surface area contributed by atoms with Gasteiger partial charge in [0.1, 0.15) is 11.5 Å². The van der Waals surface area contributed by atoms with Gasteiger partial charge in [-0.3, -0.25) is 9.48 Å². The number of methoxy groups -OCH3 is 1. The normalized spacial score (nSPS) is 16.5. The molecule has 3 rings (SSSR count). The number of carbonyl (C=O) groups excluding carboxylic acids is 2. The second-order valence-electron chi connectivity index (χ2n) is 5.95. The van der Waals surface area contributed by atoms with Gasteiger partial charge >= 0.3 is 5.97 Å². The number of ether oxygens (including phenoxy) is 1. The van der Waals surface area contributed by atoms with Crippen LogP contribution in [0.5, 0.6) is 0 Å². The van der Waals surface area contributed by atoms with E-state index in [1.54, 1.807) is 6.20 Å². The average molecular weight is 368 g/mol. The van der Waals surface area contributed by atoms with Crippen LogP contribution in [0.15, 0.2) is 12.4 Å². The predicted molar refractivity (Wildman–Crippen MR) is 92.7 cm³/mol. The smallest absolute Gasteiger partial charge is 0.341 e. The summed E-state index contributed by atoms with van der Waals surface area (Å²) in [4.78, 5) is 25.6. The monoisotopic (exact) mass is 367 g/mol. The number of fused-ring (bicyclic) bond motifs is 1. The molecule has 0 unspecified atom stereocenters. The molecule has 0 saturated carbocycles. The Hall–Kier alpha value is -1.86. The maximum absolute atomic E-state index is 12.3. The lowest BCUT2D eigenvalue weighted by Gasteiger charge is -2.18. The van der Waals surface area contributed by atoms with Crippen LogP contribution in [0.3, 0.4) is 0 Å². The van der Waals surface area contributed by atoms with Crippen LogP contribution in [0.4, 0.5) is 5.00 Å². The Labute approximate surface area is 148 Å². The highest BCUT2D eigenvalue weighted by Gasteiger charge is 2.28. The van der Waals surface area contributed by atoms with Crippen LogP contribution in [-0.4, -0.2) is 28.8 Å². The number of hydrogen-bond donors (Lipinski definition) is 1. The van der Waals surface area contributed by atoms with Crippen LogP contribution in [0.2, 0.25) is 5.02 Å². The molecule has 2 heterocycles. The summed E-state index contributed by atoms with van der Waals surface area (Å²) < 4.78 is 6.36. The van der Waals surface area contributed by atoms with E-state index >= 15 is 0 Å². The molecular weight excluding hydrogens is 350 g/mol. The summed E-state index contributed by atoms with van der Waals surface area (Å²) in [5, 5.41) is 7.84. The van der Waals surface area contributed by atoms with E-state index in [1.807, 2.05) is 0 Å². The SMILES string of the molecule is COC(=O)c1c(NC(=O)Cn2cc(Cl)cn2)sc2c1CC[C@H](C)C2. The molecule has 0 aromatic carbocycles. The van der Waals surface area contributed by atoms with Gasteiger partial charge in [0.2, 0.25) is 5.91 Å². The Morgan fingerprint density at radius 1 is 1.54 bits per heavy atom. The Morgan fingerprint density at radius 3 is 3.00 bits per heavy atom. The van der Waals surface area contributed by atoms with Crippen LogP contribution in [0.1, 0.15) is 34.1 Å². The van der Waals surface area contributed by atoms with E-state index in [4.69, 9.17) is 16.3 Å². The summed E-state index contributed by atoms with van der Waals surface area (Å²) in [7, 11) is 1.36. The fourth-order valence-electron chi connectivity index (χ4n) is 2.89. The van der Waals surface area contributed by atoms with E-state index in [9.17, 15) is 9.59 Å². The molecule has 0 fully saturated rings. The summed E-state index contributed by atoms with van der Waals surface area (Å²) in [5.41, 5.74) is 1.51. The van der Waals surface area contributed by atoms with Gasteiger partial charge in [0.25, 0.3) is 0 Å². The zero-order chi connectivity index (χ0) is 17.3. The lowest BCUT2D eigenvalue weighted by molar-refractivity contribution is -0.116. The van der Waals surface area contributed by atoms with Gasteiger partial charge in [0, 0.05) is 11.1 Å². The van der Waals surface area contributed by atoms with Crippen LogP contribution >= 0.6 is 22.9 Å². The molecule has 1 atom stereocenters. The Kier molecular flexibility index (Phi) is 4.91. The second-order valence-corrected chi connectivity index (χ2v) is 7.49. The van der Waals surface area contributed by atoms with Gasteiger partial charge in [-0.05, 0) is 30.7 Å². The summed E-state index contributed by atoms with van der Waals surface area (Å²) in [6.45, 7) is 2.23. The highest BCUT2D eigenvalue weighted by Crippen LogP contribution is 2.40. The van der Waals surface area contributed by atoms with Gasteiger partial charge in [-0.1, -0.05) is 18.5 Å². The molecule has 2 aromatic heterocycles. The minimum absolute atomic E-state index is 0.0340. The number of nitrogens with zero attached hydrogens (tertiary/aromatic N) is 2. The summed E-state index contributed by atoms with van der Waals surface area (Å²) >= 11 is 7.26. The van der Waals surface area contributed by atoms with E-state index in [2.05, 4.69) is 17.3 Å².